The molecule has 2 nitrogen and oxygen atoms in total. The van der Waals surface area contributed by atoms with Gasteiger partial charge in [-0.1, -0.05) is 0 Å². The lowest BCUT2D eigenvalue weighted by molar-refractivity contribution is 0.227. The Bertz CT molecular complexity index is 71.0. The normalized spacial score (nSPS) is 12.0. The molecule has 0 fully saturated rings. The third-order valence-corrected chi connectivity index (χ3v) is 3.54. The molecular weight excluding hydrogens is 172 g/mol. The van der Waals surface area contributed by atoms with Crippen molar-refractivity contribution < 1.29 is 8.85 Å². The molecule has 0 heterocycles. The van der Waals surface area contributed by atoms with Crippen LogP contribution in [0.15, 0.2) is 0 Å². The van der Waals surface area contributed by atoms with Crippen LogP contribution in [0.4, 0.5) is 0 Å². The van der Waals surface area contributed by atoms with E-state index in [9.17, 15) is 0 Å². The van der Waals surface area contributed by atoms with Crippen LogP contribution in [-0.2, 0) is 8.85 Å². The summed E-state index contributed by atoms with van der Waals surface area (Å²) in [6.45, 7) is 2.70. The topological polar surface area (TPSA) is 18.5 Å². The van der Waals surface area contributed by atoms with E-state index in [0.717, 1.165) is 0 Å². The summed E-state index contributed by atoms with van der Waals surface area (Å²) >= 11 is 8.21. The molecular formula is C4H12O2S2Si. The Labute approximate surface area is 67.3 Å². The Balaban J connectivity index is 3.43. The SMILES string of the molecule is CCO[Si](S)(S)OCC. The minimum Gasteiger partial charge on any atom is -0.379 e. The molecule has 5 heteroatoms. The fourth-order valence-corrected chi connectivity index (χ4v) is 2.80. The number of hydrogen-bond donors (Lipinski definition) is 2. The number of hydrogen-bond acceptors (Lipinski definition) is 4. The summed E-state index contributed by atoms with van der Waals surface area (Å²) in [7, 11) is 0. The van der Waals surface area contributed by atoms with Crippen LogP contribution in [0.1, 0.15) is 13.8 Å². The van der Waals surface area contributed by atoms with E-state index in [-0.39, 0.29) is 0 Å². The van der Waals surface area contributed by atoms with Crippen molar-refractivity contribution in [3.8, 4) is 0 Å². The second-order valence-electron chi connectivity index (χ2n) is 1.41. The molecule has 0 rings (SSSR count). The molecule has 0 saturated carbocycles. The predicted molar refractivity (Wildman–Crippen MR) is 47.0 cm³/mol. The molecule has 0 aliphatic carbocycles. The van der Waals surface area contributed by atoms with Crippen LogP contribution in [-0.4, -0.2) is 20.1 Å². The highest BCUT2D eigenvalue weighted by Crippen LogP contribution is 2.15. The maximum absolute atomic E-state index is 5.11. The Hall–Kier alpha value is 0.837. The van der Waals surface area contributed by atoms with E-state index >= 15 is 0 Å². The van der Waals surface area contributed by atoms with Gasteiger partial charge in [-0.3, -0.25) is 0 Å². The molecule has 0 aromatic heterocycles. The summed E-state index contributed by atoms with van der Waals surface area (Å²) in [6.07, 6.45) is 0. The highest BCUT2D eigenvalue weighted by atomic mass is 32.5. The van der Waals surface area contributed by atoms with Gasteiger partial charge in [0.2, 0.25) is 0 Å². The summed E-state index contributed by atoms with van der Waals surface area (Å²) in [5.74, 6) is 0. The second kappa shape index (κ2) is 4.62. The van der Waals surface area contributed by atoms with Crippen LogP contribution >= 0.6 is 24.2 Å². The van der Waals surface area contributed by atoms with Crippen LogP contribution < -0.4 is 0 Å². The van der Waals surface area contributed by atoms with Gasteiger partial charge in [0.05, 0.1) is 0 Å². The molecule has 0 unspecified atom stereocenters. The van der Waals surface area contributed by atoms with Crippen LogP contribution in [0.3, 0.4) is 0 Å². The van der Waals surface area contributed by atoms with Crippen LogP contribution in [0.25, 0.3) is 0 Å². The molecule has 0 bridgehead atoms. The Kier molecular flexibility index (Phi) is 5.05. The lowest BCUT2D eigenvalue weighted by atomic mass is 10.9. The van der Waals surface area contributed by atoms with Gasteiger partial charge < -0.3 is 8.85 Å². The molecule has 0 spiro atoms. The van der Waals surface area contributed by atoms with Gasteiger partial charge in [0, 0.05) is 13.2 Å². The minimum absolute atomic E-state index is 0.610. The van der Waals surface area contributed by atoms with Gasteiger partial charge in [-0.05, 0) is 13.8 Å². The lowest BCUT2D eigenvalue weighted by Crippen LogP contribution is -2.29. The van der Waals surface area contributed by atoms with Crippen molar-refractivity contribution in [1.29, 1.82) is 0 Å². The van der Waals surface area contributed by atoms with Crippen molar-refractivity contribution in [2.45, 2.75) is 13.8 Å². The average molecular weight is 184 g/mol. The molecule has 0 aliphatic rings. The molecule has 0 atom stereocenters. The molecule has 0 radical (unpaired) electrons. The van der Waals surface area contributed by atoms with Gasteiger partial charge in [-0.2, -0.15) is 0 Å². The van der Waals surface area contributed by atoms with Gasteiger partial charge in [0.15, 0.2) is 0 Å². The Morgan fingerprint density at radius 1 is 1.11 bits per heavy atom. The van der Waals surface area contributed by atoms with Crippen LogP contribution in [0.5, 0.6) is 0 Å². The maximum Gasteiger partial charge on any atom is 0.468 e. The van der Waals surface area contributed by atoms with Gasteiger partial charge in [0.25, 0.3) is 0 Å². The van der Waals surface area contributed by atoms with E-state index in [0.29, 0.717) is 13.2 Å². The first-order valence-corrected chi connectivity index (χ1v) is 7.24. The summed E-state index contributed by atoms with van der Waals surface area (Å²) in [5, 5.41) is 0. The van der Waals surface area contributed by atoms with E-state index in [1.165, 1.54) is 0 Å². The zero-order valence-corrected chi connectivity index (χ0v) is 8.41. The van der Waals surface area contributed by atoms with E-state index < -0.39 is 6.86 Å². The fourth-order valence-electron chi connectivity index (χ4n) is 0.418. The standard InChI is InChI=1S/C4H12O2S2Si/c1-3-5-9(7,8)6-4-2/h7-8H,3-4H2,1-2H3. The average Bonchev–Trinajstić information content (AvgIpc) is 1.64. The van der Waals surface area contributed by atoms with Crippen molar-refractivity contribution in [3.05, 3.63) is 0 Å². The van der Waals surface area contributed by atoms with Crippen molar-refractivity contribution in [3.63, 3.8) is 0 Å². The molecule has 56 valence electrons. The monoisotopic (exact) mass is 184 g/mol. The third kappa shape index (κ3) is 5.29. The van der Waals surface area contributed by atoms with Crippen molar-refractivity contribution in [1.82, 2.24) is 0 Å². The summed E-state index contributed by atoms with van der Waals surface area (Å²) in [4.78, 5) is 0. The predicted octanol–water partition coefficient (Wildman–Crippen LogP) is 1.35. The molecule has 0 amide bonds. The third-order valence-electron chi connectivity index (χ3n) is 0.665. The molecule has 0 aromatic rings. The number of thiol groups is 2. The lowest BCUT2D eigenvalue weighted by Gasteiger charge is -2.17. The molecule has 0 aromatic carbocycles. The zero-order valence-electron chi connectivity index (χ0n) is 5.63. The van der Waals surface area contributed by atoms with Crippen molar-refractivity contribution in [2.24, 2.45) is 0 Å². The molecule has 0 saturated heterocycles. The smallest absolute Gasteiger partial charge is 0.379 e. The van der Waals surface area contributed by atoms with Crippen molar-refractivity contribution >= 4 is 31.0 Å². The van der Waals surface area contributed by atoms with Crippen LogP contribution in [0.2, 0.25) is 0 Å². The molecule has 0 N–H and O–H groups in total. The van der Waals surface area contributed by atoms with Crippen LogP contribution in [0, 0.1) is 0 Å². The fraction of sp³-hybridized carbons (Fsp3) is 1.00. The first kappa shape index (κ1) is 9.84. The molecule has 9 heavy (non-hydrogen) atoms. The van der Waals surface area contributed by atoms with Gasteiger partial charge in [-0.15, -0.1) is 24.2 Å². The quantitative estimate of drug-likeness (QED) is 0.508. The molecule has 0 aliphatic heterocycles. The number of rotatable bonds is 4. The first-order valence-electron chi connectivity index (χ1n) is 2.85. The second-order valence-corrected chi connectivity index (χ2v) is 7.68. The maximum atomic E-state index is 5.11. The van der Waals surface area contributed by atoms with Gasteiger partial charge in [-0.25, -0.2) is 0 Å². The minimum atomic E-state index is -2.31. The first-order chi connectivity index (χ1) is 4.12. The highest BCUT2D eigenvalue weighted by Gasteiger charge is 2.27. The Morgan fingerprint density at radius 3 is 1.67 bits per heavy atom. The van der Waals surface area contributed by atoms with E-state index in [4.69, 9.17) is 8.85 Å². The zero-order chi connectivity index (χ0) is 7.33. The summed E-state index contributed by atoms with van der Waals surface area (Å²) in [6, 6.07) is 0. The Morgan fingerprint density at radius 2 is 1.44 bits per heavy atom. The van der Waals surface area contributed by atoms with E-state index in [2.05, 4.69) is 24.2 Å². The van der Waals surface area contributed by atoms with Crippen molar-refractivity contribution in [2.75, 3.05) is 13.2 Å². The summed E-state index contributed by atoms with van der Waals surface area (Å²) in [5.41, 5.74) is 0. The largest absolute Gasteiger partial charge is 0.468 e. The van der Waals surface area contributed by atoms with E-state index in [1.54, 1.807) is 0 Å². The summed E-state index contributed by atoms with van der Waals surface area (Å²) < 4.78 is 10.2. The van der Waals surface area contributed by atoms with Gasteiger partial charge in [0.1, 0.15) is 0 Å². The van der Waals surface area contributed by atoms with E-state index in [1.807, 2.05) is 13.8 Å². The highest BCUT2D eigenvalue weighted by molar-refractivity contribution is 8.43. The van der Waals surface area contributed by atoms with Gasteiger partial charge >= 0.3 is 6.86 Å².